The van der Waals surface area contributed by atoms with E-state index in [0.717, 1.165) is 17.3 Å². The molecule has 1 atom stereocenters. The van der Waals surface area contributed by atoms with Crippen LogP contribution in [-0.4, -0.2) is 29.1 Å². The van der Waals surface area contributed by atoms with Crippen molar-refractivity contribution in [1.29, 1.82) is 0 Å². The lowest BCUT2D eigenvalue weighted by Gasteiger charge is -2.18. The van der Waals surface area contributed by atoms with Gasteiger partial charge in [-0.05, 0) is 30.3 Å². The maximum absolute atomic E-state index is 11.2. The molecule has 0 aliphatic carbocycles. The first-order chi connectivity index (χ1) is 12.6. The summed E-state index contributed by atoms with van der Waals surface area (Å²) in [5.41, 5.74) is 1.57. The summed E-state index contributed by atoms with van der Waals surface area (Å²) in [4.78, 5) is 17.4. The molecule has 1 aliphatic rings. The number of aromatic nitrogens is 1. The zero-order valence-electron chi connectivity index (χ0n) is 13.8. The Morgan fingerprint density at radius 2 is 2.04 bits per heavy atom. The van der Waals surface area contributed by atoms with E-state index in [9.17, 15) is 10.1 Å². The number of hydrogen-bond donors (Lipinski definition) is 0. The fraction of sp³-hybridized carbons (Fsp3) is 0.211. The van der Waals surface area contributed by atoms with Gasteiger partial charge < -0.3 is 9.64 Å². The molecule has 1 saturated heterocycles. The van der Waals surface area contributed by atoms with Crippen molar-refractivity contribution in [3.63, 3.8) is 0 Å². The number of fused-ring (bicyclic) bond motifs is 1. The Labute approximate surface area is 155 Å². The molecule has 1 aliphatic heterocycles. The normalized spacial score (nSPS) is 16.8. The third-order valence-electron chi connectivity index (χ3n) is 4.48. The first-order valence-corrected chi connectivity index (χ1v) is 8.69. The molecule has 2 aromatic carbocycles. The SMILES string of the molecule is O=[N+]([O-])c1ccccc1N1CC[C@H](Oc2ccc3cc(Cl)ccc3n2)C1. The van der Waals surface area contributed by atoms with Crippen LogP contribution < -0.4 is 9.64 Å². The van der Waals surface area contributed by atoms with Gasteiger partial charge in [-0.3, -0.25) is 10.1 Å². The molecule has 7 heteroatoms. The minimum Gasteiger partial charge on any atom is -0.472 e. The van der Waals surface area contributed by atoms with Crippen LogP contribution in [0.1, 0.15) is 6.42 Å². The van der Waals surface area contributed by atoms with Crippen LogP contribution in [-0.2, 0) is 0 Å². The highest BCUT2D eigenvalue weighted by Gasteiger charge is 2.28. The van der Waals surface area contributed by atoms with Gasteiger partial charge in [-0.1, -0.05) is 23.7 Å². The zero-order chi connectivity index (χ0) is 18.1. The number of para-hydroxylation sites is 2. The Bertz CT molecular complexity index is 979. The van der Waals surface area contributed by atoms with Gasteiger partial charge in [0.25, 0.3) is 5.69 Å². The lowest BCUT2D eigenvalue weighted by atomic mass is 10.2. The highest BCUT2D eigenvalue weighted by atomic mass is 35.5. The quantitative estimate of drug-likeness (QED) is 0.502. The van der Waals surface area contributed by atoms with Gasteiger partial charge in [0, 0.05) is 35.5 Å². The van der Waals surface area contributed by atoms with Gasteiger partial charge >= 0.3 is 0 Å². The van der Waals surface area contributed by atoms with Gasteiger partial charge in [0.2, 0.25) is 5.88 Å². The maximum atomic E-state index is 11.2. The minimum atomic E-state index is -0.348. The van der Waals surface area contributed by atoms with Gasteiger partial charge in [-0.25, -0.2) is 4.98 Å². The lowest BCUT2D eigenvalue weighted by molar-refractivity contribution is -0.384. The molecule has 4 rings (SSSR count). The summed E-state index contributed by atoms with van der Waals surface area (Å²) >= 11 is 5.99. The molecule has 3 aromatic rings. The number of halogens is 1. The second-order valence-electron chi connectivity index (χ2n) is 6.21. The molecule has 2 heterocycles. The van der Waals surface area contributed by atoms with Crippen LogP contribution in [0.15, 0.2) is 54.6 Å². The van der Waals surface area contributed by atoms with Crippen molar-refractivity contribution in [3.05, 3.63) is 69.7 Å². The van der Waals surface area contributed by atoms with Crippen LogP contribution in [0, 0.1) is 10.1 Å². The Morgan fingerprint density at radius 3 is 2.88 bits per heavy atom. The molecular weight excluding hydrogens is 354 g/mol. The Morgan fingerprint density at radius 1 is 1.19 bits per heavy atom. The maximum Gasteiger partial charge on any atom is 0.292 e. The average Bonchev–Trinajstić information content (AvgIpc) is 3.10. The molecular formula is C19H16ClN3O3. The summed E-state index contributed by atoms with van der Waals surface area (Å²) in [6.45, 7) is 1.30. The second kappa shape index (κ2) is 6.80. The first-order valence-electron chi connectivity index (χ1n) is 8.31. The Hall–Kier alpha value is -2.86. The summed E-state index contributed by atoms with van der Waals surface area (Å²) in [6.07, 6.45) is 0.721. The molecule has 0 spiro atoms. The van der Waals surface area contributed by atoms with Crippen LogP contribution in [0.5, 0.6) is 5.88 Å². The molecule has 0 bridgehead atoms. The molecule has 132 valence electrons. The molecule has 6 nitrogen and oxygen atoms in total. The smallest absolute Gasteiger partial charge is 0.292 e. The number of rotatable bonds is 4. The molecule has 0 saturated carbocycles. The molecule has 0 unspecified atom stereocenters. The van der Waals surface area contributed by atoms with E-state index in [0.29, 0.717) is 29.7 Å². The number of ether oxygens (including phenoxy) is 1. The van der Waals surface area contributed by atoms with Gasteiger partial charge in [0.05, 0.1) is 17.0 Å². The zero-order valence-corrected chi connectivity index (χ0v) is 14.6. The summed E-state index contributed by atoms with van der Waals surface area (Å²) in [7, 11) is 0. The Balaban J connectivity index is 1.50. The van der Waals surface area contributed by atoms with Crippen molar-refractivity contribution in [3.8, 4) is 5.88 Å². The number of anilines is 1. The average molecular weight is 370 g/mol. The van der Waals surface area contributed by atoms with E-state index in [1.54, 1.807) is 18.2 Å². The van der Waals surface area contributed by atoms with Crippen molar-refractivity contribution < 1.29 is 9.66 Å². The monoisotopic (exact) mass is 369 g/mol. The van der Waals surface area contributed by atoms with E-state index in [-0.39, 0.29) is 16.7 Å². The van der Waals surface area contributed by atoms with Crippen LogP contribution in [0.25, 0.3) is 10.9 Å². The number of nitro groups is 1. The predicted octanol–water partition coefficient (Wildman–Crippen LogP) is 4.45. The van der Waals surface area contributed by atoms with E-state index in [1.165, 1.54) is 6.07 Å². The fourth-order valence-electron chi connectivity index (χ4n) is 3.24. The van der Waals surface area contributed by atoms with E-state index >= 15 is 0 Å². The molecule has 1 fully saturated rings. The summed E-state index contributed by atoms with van der Waals surface area (Å²) in [5, 5.41) is 12.9. The standard InChI is InChI=1S/C19H16ClN3O3/c20-14-6-7-16-13(11-14)5-8-19(21-16)26-15-9-10-22(12-15)17-3-1-2-4-18(17)23(24)25/h1-8,11,15H,9-10,12H2/t15-/m0/s1. The molecule has 0 N–H and O–H groups in total. The number of pyridine rings is 1. The number of benzene rings is 2. The fourth-order valence-corrected chi connectivity index (χ4v) is 3.42. The van der Waals surface area contributed by atoms with Crippen molar-refractivity contribution >= 4 is 33.9 Å². The topological polar surface area (TPSA) is 68.5 Å². The highest BCUT2D eigenvalue weighted by Crippen LogP contribution is 2.31. The second-order valence-corrected chi connectivity index (χ2v) is 6.64. The van der Waals surface area contributed by atoms with Crippen molar-refractivity contribution in [2.75, 3.05) is 18.0 Å². The van der Waals surface area contributed by atoms with Gasteiger partial charge in [0.15, 0.2) is 0 Å². The summed E-state index contributed by atoms with van der Waals surface area (Å²) in [5.74, 6) is 0.550. The molecule has 0 amide bonds. The number of hydrogen-bond acceptors (Lipinski definition) is 5. The third kappa shape index (κ3) is 3.28. The number of nitro benzene ring substituents is 1. The Kier molecular flexibility index (Phi) is 4.34. The van der Waals surface area contributed by atoms with Gasteiger partial charge in [-0.2, -0.15) is 0 Å². The molecule has 0 radical (unpaired) electrons. The largest absolute Gasteiger partial charge is 0.472 e. The van der Waals surface area contributed by atoms with Crippen molar-refractivity contribution in [2.45, 2.75) is 12.5 Å². The van der Waals surface area contributed by atoms with Crippen LogP contribution in [0.3, 0.4) is 0 Å². The van der Waals surface area contributed by atoms with E-state index in [2.05, 4.69) is 4.98 Å². The van der Waals surface area contributed by atoms with E-state index in [4.69, 9.17) is 16.3 Å². The van der Waals surface area contributed by atoms with E-state index < -0.39 is 0 Å². The number of nitrogens with zero attached hydrogens (tertiary/aromatic N) is 3. The van der Waals surface area contributed by atoms with Gasteiger partial charge in [-0.15, -0.1) is 0 Å². The van der Waals surface area contributed by atoms with Crippen LogP contribution in [0.4, 0.5) is 11.4 Å². The first kappa shape index (κ1) is 16.6. The van der Waals surface area contributed by atoms with E-state index in [1.807, 2.05) is 35.2 Å². The van der Waals surface area contributed by atoms with Gasteiger partial charge in [0.1, 0.15) is 11.8 Å². The summed E-state index contributed by atoms with van der Waals surface area (Å²) in [6, 6.07) is 16.1. The third-order valence-corrected chi connectivity index (χ3v) is 4.71. The van der Waals surface area contributed by atoms with Crippen molar-refractivity contribution in [2.24, 2.45) is 0 Å². The van der Waals surface area contributed by atoms with Crippen LogP contribution in [0.2, 0.25) is 5.02 Å². The minimum absolute atomic E-state index is 0.0629. The lowest BCUT2D eigenvalue weighted by Crippen LogP contribution is -2.25. The predicted molar refractivity (Wildman–Crippen MR) is 101 cm³/mol. The molecule has 1 aromatic heterocycles. The molecule has 26 heavy (non-hydrogen) atoms. The van der Waals surface area contributed by atoms with Crippen LogP contribution >= 0.6 is 11.6 Å². The highest BCUT2D eigenvalue weighted by molar-refractivity contribution is 6.31. The van der Waals surface area contributed by atoms with Crippen molar-refractivity contribution in [1.82, 2.24) is 4.98 Å². The summed E-state index contributed by atoms with van der Waals surface area (Å²) < 4.78 is 6.01.